The van der Waals surface area contributed by atoms with Crippen molar-refractivity contribution < 1.29 is 32.0 Å². The van der Waals surface area contributed by atoms with E-state index in [1.807, 2.05) is 12.1 Å². The van der Waals surface area contributed by atoms with Crippen LogP contribution in [0.3, 0.4) is 0 Å². The Morgan fingerprint density at radius 2 is 2.08 bits per heavy atom. The standard InChI is InChI=1S/C8H9NO3.ClH/c10-8(11)6-12-5-7-1-3-9-4-2-7;/h1-4H,5-6H2,(H,10,11);1H. The minimum atomic E-state index is -0.947. The van der Waals surface area contributed by atoms with Gasteiger partial charge in [0, 0.05) is 12.1 Å². The van der Waals surface area contributed by atoms with Crippen molar-refractivity contribution in [2.24, 2.45) is 0 Å². The molecule has 0 saturated carbocycles. The molecular weight excluding hydrogens is 194 g/mol. The van der Waals surface area contributed by atoms with Crippen molar-refractivity contribution in [3.05, 3.63) is 30.1 Å². The van der Waals surface area contributed by atoms with Crippen molar-refractivity contribution >= 4 is 5.97 Å². The number of H-pyrrole nitrogens is 1. The minimum Gasteiger partial charge on any atom is -1.00 e. The molecule has 0 aliphatic carbocycles. The molecule has 0 saturated heterocycles. The first kappa shape index (κ1) is 11.9. The summed E-state index contributed by atoms with van der Waals surface area (Å²) in [6, 6.07) is 3.67. The third-order valence-corrected chi connectivity index (χ3v) is 1.28. The summed E-state index contributed by atoms with van der Waals surface area (Å²) in [5.41, 5.74) is 0.954. The van der Waals surface area contributed by atoms with E-state index in [0.717, 1.165) is 5.56 Å². The fraction of sp³-hybridized carbons (Fsp3) is 0.250. The van der Waals surface area contributed by atoms with Gasteiger partial charge in [-0.15, -0.1) is 0 Å². The lowest BCUT2D eigenvalue weighted by Crippen LogP contribution is -3.00. The fourth-order valence-corrected chi connectivity index (χ4v) is 0.774. The summed E-state index contributed by atoms with van der Waals surface area (Å²) in [4.78, 5) is 12.9. The molecule has 2 N–H and O–H groups in total. The quantitative estimate of drug-likeness (QED) is 0.572. The third kappa shape index (κ3) is 5.16. The molecule has 0 bridgehead atoms. The van der Waals surface area contributed by atoms with Gasteiger partial charge in [-0.2, -0.15) is 0 Å². The number of hydrogen-bond donors (Lipinski definition) is 1. The number of hydrogen-bond acceptors (Lipinski definition) is 2. The van der Waals surface area contributed by atoms with Gasteiger partial charge in [0.2, 0.25) is 0 Å². The number of carboxylic acids is 1. The van der Waals surface area contributed by atoms with E-state index in [2.05, 4.69) is 4.98 Å². The summed E-state index contributed by atoms with van der Waals surface area (Å²) in [5, 5.41) is 8.26. The van der Waals surface area contributed by atoms with Crippen LogP contribution >= 0.6 is 0 Å². The molecule has 0 amide bonds. The van der Waals surface area contributed by atoms with Gasteiger partial charge in [0.25, 0.3) is 0 Å². The zero-order valence-corrected chi connectivity index (χ0v) is 7.62. The first-order chi connectivity index (χ1) is 5.79. The molecule has 0 radical (unpaired) electrons. The molecule has 1 aromatic rings. The monoisotopic (exact) mass is 203 g/mol. The highest BCUT2D eigenvalue weighted by Crippen LogP contribution is 1.96. The lowest BCUT2D eigenvalue weighted by atomic mass is 10.3. The van der Waals surface area contributed by atoms with Crippen molar-refractivity contribution in [1.82, 2.24) is 0 Å². The number of nitrogens with one attached hydrogen (secondary N) is 1. The highest BCUT2D eigenvalue weighted by atomic mass is 35.5. The molecule has 0 atom stereocenters. The maximum Gasteiger partial charge on any atom is 0.329 e. The zero-order chi connectivity index (χ0) is 8.81. The topological polar surface area (TPSA) is 60.7 Å². The van der Waals surface area contributed by atoms with Crippen LogP contribution in [0.2, 0.25) is 0 Å². The maximum atomic E-state index is 10.1. The average Bonchev–Trinajstić information content (AvgIpc) is 2.05. The molecule has 0 aliphatic heterocycles. The Kier molecular flexibility index (Phi) is 5.84. The number of halogens is 1. The molecule has 72 valence electrons. The van der Waals surface area contributed by atoms with Gasteiger partial charge in [-0.1, -0.05) is 0 Å². The Bertz CT molecular complexity index is 253. The Balaban J connectivity index is 0.00000144. The summed E-state index contributed by atoms with van der Waals surface area (Å²) in [6.07, 6.45) is 3.53. The Morgan fingerprint density at radius 1 is 1.46 bits per heavy atom. The Morgan fingerprint density at radius 3 is 2.62 bits per heavy atom. The van der Waals surface area contributed by atoms with Crippen LogP contribution < -0.4 is 17.4 Å². The van der Waals surface area contributed by atoms with Crippen LogP contribution in [0.5, 0.6) is 0 Å². The number of aromatic amines is 1. The van der Waals surface area contributed by atoms with Gasteiger partial charge in [-0.05, 0) is 5.56 Å². The van der Waals surface area contributed by atoms with E-state index in [4.69, 9.17) is 9.84 Å². The SMILES string of the molecule is O=C(O)COCc1cc[nH+]cc1.[Cl-]. The van der Waals surface area contributed by atoms with Gasteiger partial charge in [-0.25, -0.2) is 9.78 Å². The summed E-state index contributed by atoms with van der Waals surface area (Å²) < 4.78 is 4.87. The number of ether oxygens (including phenoxy) is 1. The number of carbonyl (C=O) groups is 1. The van der Waals surface area contributed by atoms with E-state index in [-0.39, 0.29) is 19.0 Å². The molecule has 0 spiro atoms. The molecule has 1 rings (SSSR count). The molecule has 4 nitrogen and oxygen atoms in total. The average molecular weight is 204 g/mol. The molecular formula is C8H10ClNO3. The number of pyridine rings is 1. The van der Waals surface area contributed by atoms with Crippen molar-refractivity contribution in [1.29, 1.82) is 0 Å². The van der Waals surface area contributed by atoms with E-state index in [0.29, 0.717) is 6.61 Å². The lowest BCUT2D eigenvalue weighted by Gasteiger charge is -1.98. The van der Waals surface area contributed by atoms with Crippen molar-refractivity contribution in [3.63, 3.8) is 0 Å². The summed E-state index contributed by atoms with van der Waals surface area (Å²) in [6.45, 7) is 0.0829. The van der Waals surface area contributed by atoms with E-state index in [1.54, 1.807) is 12.4 Å². The third-order valence-electron chi connectivity index (χ3n) is 1.28. The molecule has 1 aromatic heterocycles. The summed E-state index contributed by atoms with van der Waals surface area (Å²) >= 11 is 0. The minimum absolute atomic E-state index is 0. The summed E-state index contributed by atoms with van der Waals surface area (Å²) in [5.74, 6) is -0.947. The molecule has 5 heteroatoms. The number of carboxylic acid groups (broad SMARTS) is 1. The molecule has 0 aliphatic rings. The molecule has 1 heterocycles. The van der Waals surface area contributed by atoms with Crippen LogP contribution in [-0.2, 0) is 16.1 Å². The number of aliphatic carboxylic acids is 1. The van der Waals surface area contributed by atoms with Crippen LogP contribution in [0.1, 0.15) is 5.56 Å². The van der Waals surface area contributed by atoms with E-state index in [9.17, 15) is 4.79 Å². The maximum absolute atomic E-state index is 10.1. The molecule has 0 unspecified atom stereocenters. The Labute approximate surface area is 82.0 Å². The predicted molar refractivity (Wildman–Crippen MR) is 40.3 cm³/mol. The van der Waals surface area contributed by atoms with Gasteiger partial charge in [0.05, 0.1) is 6.61 Å². The predicted octanol–water partition coefficient (Wildman–Crippen LogP) is -2.89. The van der Waals surface area contributed by atoms with Gasteiger partial charge in [0.15, 0.2) is 12.4 Å². The van der Waals surface area contributed by atoms with E-state index >= 15 is 0 Å². The van der Waals surface area contributed by atoms with Crippen LogP contribution in [0.25, 0.3) is 0 Å². The molecule has 0 fully saturated rings. The summed E-state index contributed by atoms with van der Waals surface area (Å²) in [7, 11) is 0. The number of rotatable bonds is 4. The van der Waals surface area contributed by atoms with E-state index in [1.165, 1.54) is 0 Å². The van der Waals surface area contributed by atoms with Crippen LogP contribution in [0.15, 0.2) is 24.5 Å². The largest absolute Gasteiger partial charge is 1.00 e. The van der Waals surface area contributed by atoms with Gasteiger partial charge in [-0.3, -0.25) is 0 Å². The first-order valence-electron chi connectivity index (χ1n) is 3.53. The van der Waals surface area contributed by atoms with Crippen LogP contribution in [-0.4, -0.2) is 17.7 Å². The molecule has 0 aromatic carbocycles. The van der Waals surface area contributed by atoms with Gasteiger partial charge < -0.3 is 22.3 Å². The number of aromatic nitrogens is 1. The van der Waals surface area contributed by atoms with Crippen molar-refractivity contribution in [2.45, 2.75) is 6.61 Å². The van der Waals surface area contributed by atoms with Crippen molar-refractivity contribution in [2.75, 3.05) is 6.61 Å². The highest BCUT2D eigenvalue weighted by molar-refractivity contribution is 5.67. The normalized spacial score (nSPS) is 8.92. The van der Waals surface area contributed by atoms with Crippen LogP contribution in [0.4, 0.5) is 0 Å². The molecule has 13 heavy (non-hydrogen) atoms. The van der Waals surface area contributed by atoms with E-state index < -0.39 is 5.97 Å². The van der Waals surface area contributed by atoms with Gasteiger partial charge in [0.1, 0.15) is 6.61 Å². The van der Waals surface area contributed by atoms with Crippen molar-refractivity contribution in [3.8, 4) is 0 Å². The Hall–Kier alpha value is -1.13. The second-order valence-corrected chi connectivity index (χ2v) is 2.29. The second-order valence-electron chi connectivity index (χ2n) is 2.29. The second kappa shape index (κ2) is 6.39. The van der Waals surface area contributed by atoms with Gasteiger partial charge >= 0.3 is 5.97 Å². The smallest absolute Gasteiger partial charge is 0.329 e. The fourth-order valence-electron chi connectivity index (χ4n) is 0.774. The lowest BCUT2D eigenvalue weighted by molar-refractivity contribution is -0.378. The van der Waals surface area contributed by atoms with Crippen LogP contribution in [0, 0.1) is 0 Å². The first-order valence-corrected chi connectivity index (χ1v) is 3.53. The highest BCUT2D eigenvalue weighted by Gasteiger charge is 1.97. The zero-order valence-electron chi connectivity index (χ0n) is 6.87.